The normalized spacial score (nSPS) is 13.1. The summed E-state index contributed by atoms with van der Waals surface area (Å²) in [5, 5.41) is 7.01. The van der Waals surface area contributed by atoms with Gasteiger partial charge in [-0.25, -0.2) is 0 Å². The van der Waals surface area contributed by atoms with Crippen LogP contribution in [0.3, 0.4) is 0 Å². The summed E-state index contributed by atoms with van der Waals surface area (Å²) in [4.78, 5) is 2.34. The quantitative estimate of drug-likeness (QED) is 0.177. The van der Waals surface area contributed by atoms with Crippen molar-refractivity contribution in [2.45, 2.75) is 19.3 Å². The summed E-state index contributed by atoms with van der Waals surface area (Å²) in [5.41, 5.74) is 15.2. The molecule has 0 fully saturated rings. The van der Waals surface area contributed by atoms with Crippen molar-refractivity contribution in [1.82, 2.24) is 0 Å². The average molecular weight is 704 g/mol. The van der Waals surface area contributed by atoms with Crippen molar-refractivity contribution in [1.29, 1.82) is 0 Å². The Balaban J connectivity index is 1.07. The Bertz CT molecular complexity index is 3110. The van der Waals surface area contributed by atoms with Gasteiger partial charge in [0.05, 0.1) is 5.69 Å². The molecule has 0 spiro atoms. The zero-order valence-electron chi connectivity index (χ0n) is 30.8. The molecule has 0 radical (unpaired) electrons. The summed E-state index contributed by atoms with van der Waals surface area (Å²) < 4.78 is 6.91. The molecule has 10 aromatic rings. The van der Waals surface area contributed by atoms with Crippen LogP contribution in [-0.2, 0) is 5.41 Å². The van der Waals surface area contributed by atoms with Crippen molar-refractivity contribution in [2.75, 3.05) is 4.90 Å². The monoisotopic (exact) mass is 703 g/mol. The predicted molar refractivity (Wildman–Crippen MR) is 232 cm³/mol. The first-order chi connectivity index (χ1) is 27.0. The van der Waals surface area contributed by atoms with Gasteiger partial charge in [0.1, 0.15) is 5.58 Å². The van der Waals surface area contributed by atoms with Crippen LogP contribution in [-0.4, -0.2) is 0 Å². The summed E-state index contributed by atoms with van der Waals surface area (Å²) in [5.74, 6) is 0. The van der Waals surface area contributed by atoms with Crippen LogP contribution in [0.2, 0.25) is 0 Å². The van der Waals surface area contributed by atoms with Gasteiger partial charge in [-0.15, -0.1) is 0 Å². The van der Waals surface area contributed by atoms with Gasteiger partial charge in [-0.05, 0) is 103 Å². The van der Waals surface area contributed by atoms with Crippen LogP contribution in [0.5, 0.6) is 0 Å². The van der Waals surface area contributed by atoms with Crippen LogP contribution in [0.25, 0.3) is 76.9 Å². The number of furan rings is 1. The molecule has 2 heteroatoms. The largest absolute Gasteiger partial charge is 0.453 e. The van der Waals surface area contributed by atoms with Crippen molar-refractivity contribution in [2.24, 2.45) is 0 Å². The van der Waals surface area contributed by atoms with Crippen molar-refractivity contribution in [3.63, 3.8) is 0 Å². The molecule has 0 unspecified atom stereocenters. The predicted octanol–water partition coefficient (Wildman–Crippen LogP) is 15.0. The van der Waals surface area contributed by atoms with E-state index < -0.39 is 0 Å². The summed E-state index contributed by atoms with van der Waals surface area (Å²) in [6, 6.07) is 68.3. The van der Waals surface area contributed by atoms with Gasteiger partial charge in [0.15, 0.2) is 5.58 Å². The highest BCUT2D eigenvalue weighted by Crippen LogP contribution is 2.52. The van der Waals surface area contributed by atoms with Crippen LogP contribution in [0.4, 0.5) is 17.1 Å². The number of hydrogen-bond donors (Lipinski definition) is 0. The third-order valence-corrected chi connectivity index (χ3v) is 11.9. The number of hydrogen-bond acceptors (Lipinski definition) is 2. The first kappa shape index (κ1) is 31.6. The molecule has 55 heavy (non-hydrogen) atoms. The van der Waals surface area contributed by atoms with E-state index in [1.165, 1.54) is 60.7 Å². The fourth-order valence-corrected chi connectivity index (χ4v) is 9.07. The number of para-hydroxylation sites is 1. The third kappa shape index (κ3) is 4.88. The van der Waals surface area contributed by atoms with Crippen molar-refractivity contribution < 1.29 is 4.42 Å². The molecule has 0 amide bonds. The Morgan fingerprint density at radius 1 is 0.400 bits per heavy atom. The molecule has 0 aliphatic heterocycles. The second-order valence-electron chi connectivity index (χ2n) is 15.3. The maximum Gasteiger partial charge on any atom is 0.159 e. The molecular formula is C53H37NO. The zero-order chi connectivity index (χ0) is 36.7. The van der Waals surface area contributed by atoms with Crippen LogP contribution in [0.1, 0.15) is 25.0 Å². The number of fused-ring (bicyclic) bond motifs is 9. The Morgan fingerprint density at radius 2 is 0.982 bits per heavy atom. The van der Waals surface area contributed by atoms with Gasteiger partial charge < -0.3 is 9.32 Å². The van der Waals surface area contributed by atoms with Crippen molar-refractivity contribution >= 4 is 60.5 Å². The number of benzene rings is 9. The molecular weight excluding hydrogens is 667 g/mol. The lowest BCUT2D eigenvalue weighted by atomic mass is 9.82. The molecule has 11 rings (SSSR count). The lowest BCUT2D eigenvalue weighted by Gasteiger charge is -2.26. The van der Waals surface area contributed by atoms with Crippen molar-refractivity contribution in [3.8, 4) is 33.4 Å². The summed E-state index contributed by atoms with van der Waals surface area (Å²) in [7, 11) is 0. The Hall–Kier alpha value is -6.90. The molecule has 0 N–H and O–H groups in total. The molecule has 260 valence electrons. The van der Waals surface area contributed by atoms with Gasteiger partial charge in [0.25, 0.3) is 0 Å². The summed E-state index contributed by atoms with van der Waals surface area (Å²) in [6.07, 6.45) is 0. The van der Waals surface area contributed by atoms with E-state index in [2.05, 4.69) is 207 Å². The second kappa shape index (κ2) is 12.1. The van der Waals surface area contributed by atoms with Crippen LogP contribution < -0.4 is 4.90 Å². The van der Waals surface area contributed by atoms with Gasteiger partial charge in [0.2, 0.25) is 0 Å². The molecule has 0 bridgehead atoms. The molecule has 0 saturated carbocycles. The standard InChI is InChI=1S/C53H37NO/c1-53(2)47-18-8-7-15-46(47)50-42(16-9-19-48(50)53)37-25-30-41(31-26-37)54(40-28-23-35(24-29-40)39-22-21-34-11-3-4-13-38(34)33-39)49-20-10-17-44-45-32-27-36-12-5-6-14-43(36)51(45)55-52(44)49/h3-33H,1-2H3. The van der Waals surface area contributed by atoms with Gasteiger partial charge >= 0.3 is 0 Å². The summed E-state index contributed by atoms with van der Waals surface area (Å²) >= 11 is 0. The maximum atomic E-state index is 6.91. The molecule has 1 aliphatic rings. The lowest BCUT2D eigenvalue weighted by Crippen LogP contribution is -2.14. The van der Waals surface area contributed by atoms with Gasteiger partial charge in [-0.1, -0.05) is 159 Å². The molecule has 0 atom stereocenters. The highest BCUT2D eigenvalue weighted by Gasteiger charge is 2.36. The van der Waals surface area contributed by atoms with Crippen LogP contribution in [0, 0.1) is 0 Å². The Morgan fingerprint density at radius 3 is 1.80 bits per heavy atom. The molecule has 1 heterocycles. The smallest absolute Gasteiger partial charge is 0.159 e. The second-order valence-corrected chi connectivity index (χ2v) is 15.3. The Kier molecular flexibility index (Phi) is 6.93. The third-order valence-electron chi connectivity index (χ3n) is 11.9. The van der Waals surface area contributed by atoms with Crippen LogP contribution >= 0.6 is 0 Å². The van der Waals surface area contributed by atoms with Crippen molar-refractivity contribution in [3.05, 3.63) is 199 Å². The molecule has 0 saturated heterocycles. The average Bonchev–Trinajstić information content (AvgIpc) is 3.74. The summed E-state index contributed by atoms with van der Waals surface area (Å²) in [6.45, 7) is 4.68. The van der Waals surface area contributed by atoms with E-state index in [-0.39, 0.29) is 5.41 Å². The van der Waals surface area contributed by atoms with E-state index in [1.807, 2.05) is 0 Å². The molecule has 1 aliphatic carbocycles. The van der Waals surface area contributed by atoms with E-state index in [4.69, 9.17) is 4.42 Å². The van der Waals surface area contributed by atoms with E-state index in [1.54, 1.807) is 0 Å². The minimum absolute atomic E-state index is 0.0473. The van der Waals surface area contributed by atoms with Gasteiger partial charge in [-0.2, -0.15) is 0 Å². The molecule has 9 aromatic carbocycles. The molecule has 1 aromatic heterocycles. The van der Waals surface area contributed by atoms with E-state index in [9.17, 15) is 0 Å². The highest BCUT2D eigenvalue weighted by atomic mass is 16.3. The minimum atomic E-state index is -0.0473. The van der Waals surface area contributed by atoms with Gasteiger partial charge in [0, 0.05) is 32.9 Å². The SMILES string of the molecule is CC1(C)c2ccccc2-c2c(-c3ccc(N(c4ccc(-c5ccc6ccccc6c5)cc4)c4cccc5c4oc4c6ccccc6ccc54)cc3)cccc21. The van der Waals surface area contributed by atoms with Gasteiger partial charge in [-0.3, -0.25) is 0 Å². The molecule has 2 nitrogen and oxygen atoms in total. The fraction of sp³-hybridized carbons (Fsp3) is 0.0566. The highest BCUT2D eigenvalue weighted by molar-refractivity contribution is 6.17. The number of nitrogens with zero attached hydrogens (tertiary/aromatic N) is 1. The number of rotatable bonds is 5. The van der Waals surface area contributed by atoms with E-state index in [0.717, 1.165) is 44.4 Å². The topological polar surface area (TPSA) is 16.4 Å². The maximum absolute atomic E-state index is 6.91. The fourth-order valence-electron chi connectivity index (χ4n) is 9.07. The Labute approximate surface area is 320 Å². The zero-order valence-corrected chi connectivity index (χ0v) is 30.8. The first-order valence-electron chi connectivity index (χ1n) is 19.1. The first-order valence-corrected chi connectivity index (χ1v) is 19.1. The minimum Gasteiger partial charge on any atom is -0.453 e. The number of anilines is 3. The van der Waals surface area contributed by atoms with E-state index in [0.29, 0.717) is 0 Å². The van der Waals surface area contributed by atoms with E-state index >= 15 is 0 Å². The van der Waals surface area contributed by atoms with Crippen LogP contribution in [0.15, 0.2) is 192 Å². The lowest BCUT2D eigenvalue weighted by molar-refractivity contribution is 0.660.